The summed E-state index contributed by atoms with van der Waals surface area (Å²) in [6.45, 7) is 2.43. The zero-order chi connectivity index (χ0) is 17.5. The highest BCUT2D eigenvalue weighted by atomic mass is 32.2. The Kier molecular flexibility index (Phi) is 4.48. The van der Waals surface area contributed by atoms with Gasteiger partial charge < -0.3 is 4.74 Å². The molecule has 0 aromatic carbocycles. The molecule has 5 nitrogen and oxygen atoms in total. The molecule has 1 aromatic heterocycles. The Morgan fingerprint density at radius 2 is 2.04 bits per heavy atom. The number of hydrogen-bond acceptors (Lipinski definition) is 5. The summed E-state index contributed by atoms with van der Waals surface area (Å²) in [7, 11) is -3.12. The largest absolute Gasteiger partial charge is 0.475 e. The topological polar surface area (TPSA) is 59.5 Å². The minimum Gasteiger partial charge on any atom is -0.475 e. The van der Waals surface area contributed by atoms with Gasteiger partial charge in [0.2, 0.25) is 5.88 Å². The normalized spacial score (nSPS) is 28.3. The van der Waals surface area contributed by atoms with E-state index in [2.05, 4.69) is 9.88 Å². The summed E-state index contributed by atoms with van der Waals surface area (Å²) < 4.78 is 43.9. The molecule has 2 saturated heterocycles. The Hall–Kier alpha value is -1.21. The quantitative estimate of drug-likeness (QED) is 0.798. The summed E-state index contributed by atoms with van der Waals surface area (Å²) in [6.07, 6.45) is 7.20. The predicted molar refractivity (Wildman–Crippen MR) is 92.7 cm³/mol. The lowest BCUT2D eigenvalue weighted by molar-refractivity contribution is 0.0515. The summed E-state index contributed by atoms with van der Waals surface area (Å²) in [5, 5.41) is 0. The van der Waals surface area contributed by atoms with E-state index < -0.39 is 20.4 Å². The Labute approximate surface area is 148 Å². The van der Waals surface area contributed by atoms with Gasteiger partial charge in [-0.25, -0.2) is 17.8 Å². The number of likely N-dealkylation sites (tertiary alicyclic amines) is 1. The second-order valence-electron chi connectivity index (χ2n) is 7.79. The number of hydrogen-bond donors (Lipinski definition) is 0. The van der Waals surface area contributed by atoms with Gasteiger partial charge in [-0.3, -0.25) is 4.90 Å². The van der Waals surface area contributed by atoms with Gasteiger partial charge in [-0.2, -0.15) is 0 Å². The third-order valence-corrected chi connectivity index (χ3v) is 8.82. The second kappa shape index (κ2) is 6.50. The average molecular weight is 368 g/mol. The molecule has 1 aliphatic carbocycles. The third-order valence-electron chi connectivity index (χ3n) is 6.22. The molecule has 0 unspecified atom stereocenters. The molecule has 138 valence electrons. The van der Waals surface area contributed by atoms with Crippen LogP contribution in [0.5, 0.6) is 5.88 Å². The number of nitrogens with zero attached hydrogens (tertiary/aromatic N) is 2. The third kappa shape index (κ3) is 3.05. The molecule has 0 N–H and O–H groups in total. The van der Waals surface area contributed by atoms with Crippen molar-refractivity contribution in [3.05, 3.63) is 24.1 Å². The number of aromatic nitrogens is 1. The van der Waals surface area contributed by atoms with E-state index in [4.69, 9.17) is 4.74 Å². The fraction of sp³-hybridized carbons (Fsp3) is 0.722. The Balaban J connectivity index is 1.41. The first-order chi connectivity index (χ1) is 12.0. The molecule has 0 amide bonds. The minimum absolute atomic E-state index is 0.0379. The van der Waals surface area contributed by atoms with Crippen LogP contribution in [0.4, 0.5) is 4.39 Å². The summed E-state index contributed by atoms with van der Waals surface area (Å²) in [4.78, 5) is 6.18. The van der Waals surface area contributed by atoms with Gasteiger partial charge in [0, 0.05) is 31.7 Å². The summed E-state index contributed by atoms with van der Waals surface area (Å²) in [6, 6.07) is 2.81. The molecule has 25 heavy (non-hydrogen) atoms. The fourth-order valence-electron chi connectivity index (χ4n) is 4.76. The molecule has 3 heterocycles. The molecule has 1 atom stereocenters. The van der Waals surface area contributed by atoms with E-state index >= 15 is 0 Å². The Bertz CT molecular complexity index is 728. The van der Waals surface area contributed by atoms with Gasteiger partial charge in [-0.1, -0.05) is 12.8 Å². The van der Waals surface area contributed by atoms with E-state index in [1.54, 1.807) is 0 Å². The van der Waals surface area contributed by atoms with Gasteiger partial charge in [0.15, 0.2) is 15.7 Å². The first-order valence-electron chi connectivity index (χ1n) is 9.18. The van der Waals surface area contributed by atoms with Crippen LogP contribution in [0.3, 0.4) is 0 Å². The highest BCUT2D eigenvalue weighted by molar-refractivity contribution is 7.93. The molecule has 3 fully saturated rings. The smallest absolute Gasteiger partial charge is 0.250 e. The van der Waals surface area contributed by atoms with Crippen molar-refractivity contribution in [1.29, 1.82) is 0 Å². The van der Waals surface area contributed by atoms with Crippen LogP contribution in [0.2, 0.25) is 0 Å². The number of pyridine rings is 1. The molecule has 1 spiro atoms. The van der Waals surface area contributed by atoms with Gasteiger partial charge in [0.05, 0.1) is 12.4 Å². The van der Waals surface area contributed by atoms with Crippen LogP contribution in [0.15, 0.2) is 18.3 Å². The van der Waals surface area contributed by atoms with Gasteiger partial charge in [0.25, 0.3) is 0 Å². The maximum Gasteiger partial charge on any atom is 0.250 e. The first-order valence-corrected chi connectivity index (χ1v) is 10.8. The maximum atomic E-state index is 13.7. The molecule has 7 heteroatoms. The predicted octanol–water partition coefficient (Wildman–Crippen LogP) is 2.28. The van der Waals surface area contributed by atoms with E-state index in [1.165, 1.54) is 44.0 Å². The minimum atomic E-state index is -3.12. The van der Waals surface area contributed by atoms with Crippen LogP contribution in [-0.2, 0) is 9.84 Å². The van der Waals surface area contributed by atoms with Crippen molar-refractivity contribution in [3.63, 3.8) is 0 Å². The van der Waals surface area contributed by atoms with E-state index in [1.807, 2.05) is 0 Å². The summed E-state index contributed by atoms with van der Waals surface area (Å²) in [5.74, 6) is 0.304. The van der Waals surface area contributed by atoms with Crippen LogP contribution in [0.25, 0.3) is 0 Å². The van der Waals surface area contributed by atoms with E-state index in [0.29, 0.717) is 19.5 Å². The standard InChI is InChI=1S/C18H25FN2O3S/c19-16-6-3-8-20-17(16)24-11-15-7-9-25(22,23)18(15)12-21(13-18)10-14-4-1-2-5-14/h3,6,8,14-15H,1-2,4-5,7,9-13H2/t15-/m1/s1. The Morgan fingerprint density at radius 3 is 2.76 bits per heavy atom. The zero-order valence-electron chi connectivity index (χ0n) is 14.4. The van der Waals surface area contributed by atoms with Crippen LogP contribution in [-0.4, -0.2) is 55.0 Å². The number of sulfone groups is 1. The lowest BCUT2D eigenvalue weighted by atomic mass is 9.83. The molecular weight excluding hydrogens is 343 g/mol. The van der Waals surface area contributed by atoms with Crippen molar-refractivity contribution < 1.29 is 17.5 Å². The van der Waals surface area contributed by atoms with Crippen molar-refractivity contribution in [2.24, 2.45) is 11.8 Å². The summed E-state index contributed by atoms with van der Waals surface area (Å²) >= 11 is 0. The van der Waals surface area contributed by atoms with Crippen LogP contribution < -0.4 is 4.74 Å². The van der Waals surface area contributed by atoms with Crippen LogP contribution in [0, 0.1) is 17.7 Å². The van der Waals surface area contributed by atoms with Crippen molar-refractivity contribution in [2.45, 2.75) is 36.9 Å². The molecule has 4 rings (SSSR count). The fourth-order valence-corrected chi connectivity index (χ4v) is 7.22. The van der Waals surface area contributed by atoms with Crippen LogP contribution in [0.1, 0.15) is 32.1 Å². The molecule has 2 aliphatic heterocycles. The van der Waals surface area contributed by atoms with Crippen molar-refractivity contribution in [1.82, 2.24) is 9.88 Å². The van der Waals surface area contributed by atoms with Gasteiger partial charge >= 0.3 is 0 Å². The molecule has 3 aliphatic rings. The highest BCUT2D eigenvalue weighted by Gasteiger charge is 2.61. The van der Waals surface area contributed by atoms with Crippen molar-refractivity contribution in [2.75, 3.05) is 32.0 Å². The number of halogens is 1. The van der Waals surface area contributed by atoms with E-state index in [-0.39, 0.29) is 24.2 Å². The zero-order valence-corrected chi connectivity index (χ0v) is 15.2. The molecule has 1 aromatic rings. The maximum absolute atomic E-state index is 13.7. The highest BCUT2D eigenvalue weighted by Crippen LogP contribution is 2.45. The monoisotopic (exact) mass is 368 g/mol. The van der Waals surface area contributed by atoms with E-state index in [0.717, 1.165) is 12.5 Å². The van der Waals surface area contributed by atoms with Gasteiger partial charge in [-0.15, -0.1) is 0 Å². The molecular formula is C18H25FN2O3S. The first kappa shape index (κ1) is 17.2. The lowest BCUT2D eigenvalue weighted by Crippen LogP contribution is -2.68. The lowest BCUT2D eigenvalue weighted by Gasteiger charge is -2.50. The average Bonchev–Trinajstić information content (AvgIpc) is 3.13. The molecule has 0 radical (unpaired) electrons. The Morgan fingerprint density at radius 1 is 1.28 bits per heavy atom. The van der Waals surface area contributed by atoms with E-state index in [9.17, 15) is 12.8 Å². The van der Waals surface area contributed by atoms with Gasteiger partial charge in [-0.05, 0) is 37.3 Å². The SMILES string of the molecule is O=S1(=O)CC[C@H](COc2ncccc2F)C12CN(CC1CCCC1)C2. The molecule has 0 bridgehead atoms. The molecule has 1 saturated carbocycles. The summed E-state index contributed by atoms with van der Waals surface area (Å²) in [5.41, 5.74) is 0. The second-order valence-corrected chi connectivity index (χ2v) is 10.2. The van der Waals surface area contributed by atoms with Crippen LogP contribution >= 0.6 is 0 Å². The number of rotatable bonds is 5. The van der Waals surface area contributed by atoms with Gasteiger partial charge in [0.1, 0.15) is 4.75 Å². The van der Waals surface area contributed by atoms with Crippen molar-refractivity contribution in [3.8, 4) is 5.88 Å². The number of ether oxygens (including phenoxy) is 1. The van der Waals surface area contributed by atoms with Crippen molar-refractivity contribution >= 4 is 9.84 Å².